The van der Waals surface area contributed by atoms with E-state index in [1.807, 2.05) is 56.3 Å². The molecular formula is C26H28N2O3. The third-order valence-corrected chi connectivity index (χ3v) is 4.82. The van der Waals surface area contributed by atoms with E-state index in [9.17, 15) is 9.59 Å². The van der Waals surface area contributed by atoms with Gasteiger partial charge in [0.1, 0.15) is 5.75 Å². The lowest BCUT2D eigenvalue weighted by Crippen LogP contribution is -2.32. The van der Waals surface area contributed by atoms with E-state index < -0.39 is 6.10 Å². The summed E-state index contributed by atoms with van der Waals surface area (Å²) in [7, 11) is 0. The van der Waals surface area contributed by atoms with Crippen molar-refractivity contribution < 1.29 is 14.3 Å². The zero-order chi connectivity index (χ0) is 22.1. The second-order valence-electron chi connectivity index (χ2n) is 7.27. The van der Waals surface area contributed by atoms with Crippen LogP contribution >= 0.6 is 0 Å². The van der Waals surface area contributed by atoms with Gasteiger partial charge in [-0.05, 0) is 60.4 Å². The standard InChI is InChI=1S/C26H28N2O3/c1-3-8-25(29)27-21-13-15-22(16-14-21)28-26(30)24(4-2)31-23-17-11-20(12-18-23)19-9-6-5-7-10-19/h5-7,9-18,24H,3-4,8H2,1-2H3,(H,27,29)(H,28,30). The summed E-state index contributed by atoms with van der Waals surface area (Å²) in [5, 5.41) is 5.71. The maximum absolute atomic E-state index is 12.7. The lowest BCUT2D eigenvalue weighted by atomic mass is 10.1. The highest BCUT2D eigenvalue weighted by atomic mass is 16.5. The zero-order valence-electron chi connectivity index (χ0n) is 17.9. The summed E-state index contributed by atoms with van der Waals surface area (Å²) in [5.74, 6) is 0.421. The molecule has 0 saturated carbocycles. The molecular weight excluding hydrogens is 388 g/mol. The molecule has 3 rings (SSSR count). The van der Waals surface area contributed by atoms with Gasteiger partial charge < -0.3 is 15.4 Å². The summed E-state index contributed by atoms with van der Waals surface area (Å²) in [6.45, 7) is 3.87. The van der Waals surface area contributed by atoms with Crippen LogP contribution in [-0.4, -0.2) is 17.9 Å². The fourth-order valence-electron chi connectivity index (χ4n) is 3.15. The quantitative estimate of drug-likeness (QED) is 0.457. The van der Waals surface area contributed by atoms with Gasteiger partial charge in [0.15, 0.2) is 6.10 Å². The number of carbonyl (C=O) groups excluding carboxylic acids is 2. The molecule has 1 unspecified atom stereocenters. The number of hydrogen-bond acceptors (Lipinski definition) is 3. The summed E-state index contributed by atoms with van der Waals surface area (Å²) in [6, 6.07) is 24.9. The van der Waals surface area contributed by atoms with E-state index in [0.29, 0.717) is 30.0 Å². The minimum absolute atomic E-state index is 0.0167. The molecule has 5 heteroatoms. The van der Waals surface area contributed by atoms with Gasteiger partial charge in [-0.3, -0.25) is 9.59 Å². The van der Waals surface area contributed by atoms with Crippen LogP contribution in [0.3, 0.4) is 0 Å². The third-order valence-electron chi connectivity index (χ3n) is 4.82. The molecule has 0 saturated heterocycles. The number of anilines is 2. The number of nitrogens with one attached hydrogen (secondary N) is 2. The number of rotatable bonds is 9. The average molecular weight is 417 g/mol. The Balaban J connectivity index is 1.58. The molecule has 0 radical (unpaired) electrons. The summed E-state index contributed by atoms with van der Waals surface area (Å²) >= 11 is 0. The van der Waals surface area contributed by atoms with Crippen LogP contribution in [-0.2, 0) is 9.59 Å². The van der Waals surface area contributed by atoms with Crippen LogP contribution in [0.1, 0.15) is 33.1 Å². The van der Waals surface area contributed by atoms with E-state index in [1.165, 1.54) is 0 Å². The Bertz CT molecular complexity index is 983. The van der Waals surface area contributed by atoms with Gasteiger partial charge >= 0.3 is 0 Å². The SMILES string of the molecule is CCCC(=O)Nc1ccc(NC(=O)C(CC)Oc2ccc(-c3ccccc3)cc2)cc1. The topological polar surface area (TPSA) is 67.4 Å². The van der Waals surface area contributed by atoms with Gasteiger partial charge in [0.2, 0.25) is 5.91 Å². The Hall–Kier alpha value is -3.60. The first-order valence-electron chi connectivity index (χ1n) is 10.6. The van der Waals surface area contributed by atoms with Crippen molar-refractivity contribution in [2.75, 3.05) is 10.6 Å². The van der Waals surface area contributed by atoms with Crippen molar-refractivity contribution in [1.29, 1.82) is 0 Å². The van der Waals surface area contributed by atoms with Gasteiger partial charge in [0.05, 0.1) is 0 Å². The monoisotopic (exact) mass is 416 g/mol. The van der Waals surface area contributed by atoms with Crippen molar-refractivity contribution in [3.63, 3.8) is 0 Å². The fraction of sp³-hybridized carbons (Fsp3) is 0.231. The average Bonchev–Trinajstić information content (AvgIpc) is 2.80. The van der Waals surface area contributed by atoms with Crippen molar-refractivity contribution in [2.24, 2.45) is 0 Å². The summed E-state index contributed by atoms with van der Waals surface area (Å²) < 4.78 is 5.92. The van der Waals surface area contributed by atoms with Crippen LogP contribution in [0.2, 0.25) is 0 Å². The van der Waals surface area contributed by atoms with Crippen LogP contribution in [0, 0.1) is 0 Å². The first-order valence-corrected chi connectivity index (χ1v) is 10.6. The summed E-state index contributed by atoms with van der Waals surface area (Å²) in [6.07, 6.45) is 1.22. The number of carbonyl (C=O) groups is 2. The molecule has 2 amide bonds. The molecule has 31 heavy (non-hydrogen) atoms. The number of ether oxygens (including phenoxy) is 1. The lowest BCUT2D eigenvalue weighted by Gasteiger charge is -2.18. The molecule has 0 aliphatic heterocycles. The smallest absolute Gasteiger partial charge is 0.265 e. The fourth-order valence-corrected chi connectivity index (χ4v) is 3.15. The molecule has 0 bridgehead atoms. The Kier molecular flexibility index (Phi) is 7.82. The number of hydrogen-bond donors (Lipinski definition) is 2. The van der Waals surface area contributed by atoms with Crippen LogP contribution in [0.15, 0.2) is 78.9 Å². The van der Waals surface area contributed by atoms with Gasteiger partial charge in [-0.1, -0.05) is 56.3 Å². The van der Waals surface area contributed by atoms with E-state index >= 15 is 0 Å². The number of benzene rings is 3. The predicted octanol–water partition coefficient (Wildman–Crippen LogP) is 5.89. The van der Waals surface area contributed by atoms with Gasteiger partial charge in [-0.15, -0.1) is 0 Å². The van der Waals surface area contributed by atoms with Crippen LogP contribution in [0.4, 0.5) is 11.4 Å². The van der Waals surface area contributed by atoms with E-state index in [4.69, 9.17) is 4.74 Å². The van der Waals surface area contributed by atoms with Gasteiger partial charge in [0, 0.05) is 17.8 Å². The summed E-state index contributed by atoms with van der Waals surface area (Å²) in [5.41, 5.74) is 3.59. The molecule has 2 N–H and O–H groups in total. The normalized spacial score (nSPS) is 11.4. The Labute approximate surface area is 183 Å². The number of amides is 2. The van der Waals surface area contributed by atoms with Gasteiger partial charge in [-0.2, -0.15) is 0 Å². The lowest BCUT2D eigenvalue weighted by molar-refractivity contribution is -0.122. The van der Waals surface area contributed by atoms with Crippen molar-refractivity contribution in [3.05, 3.63) is 78.9 Å². The molecule has 0 spiro atoms. The third kappa shape index (κ3) is 6.44. The predicted molar refractivity (Wildman–Crippen MR) is 125 cm³/mol. The minimum Gasteiger partial charge on any atom is -0.481 e. The van der Waals surface area contributed by atoms with Gasteiger partial charge in [-0.25, -0.2) is 0 Å². The Morgan fingerprint density at radius 3 is 1.94 bits per heavy atom. The molecule has 0 fully saturated rings. The summed E-state index contributed by atoms with van der Waals surface area (Å²) in [4.78, 5) is 24.4. The first-order chi connectivity index (χ1) is 15.1. The highest BCUT2D eigenvalue weighted by Gasteiger charge is 2.18. The van der Waals surface area contributed by atoms with Crippen molar-refractivity contribution in [2.45, 2.75) is 39.2 Å². The van der Waals surface area contributed by atoms with Crippen LogP contribution in [0.5, 0.6) is 5.75 Å². The van der Waals surface area contributed by atoms with E-state index in [0.717, 1.165) is 17.5 Å². The molecule has 160 valence electrons. The molecule has 5 nitrogen and oxygen atoms in total. The molecule has 0 heterocycles. The molecule has 0 aliphatic rings. The van der Waals surface area contributed by atoms with E-state index in [2.05, 4.69) is 22.8 Å². The van der Waals surface area contributed by atoms with E-state index in [-0.39, 0.29) is 11.8 Å². The molecule has 3 aromatic carbocycles. The second kappa shape index (κ2) is 11.0. The molecule has 0 aromatic heterocycles. The van der Waals surface area contributed by atoms with Crippen LogP contribution < -0.4 is 15.4 Å². The molecule has 1 atom stereocenters. The maximum atomic E-state index is 12.7. The van der Waals surface area contributed by atoms with Crippen LogP contribution in [0.25, 0.3) is 11.1 Å². The van der Waals surface area contributed by atoms with Crippen molar-refractivity contribution >= 4 is 23.2 Å². The first kappa shape index (κ1) is 22.1. The largest absolute Gasteiger partial charge is 0.481 e. The highest BCUT2D eigenvalue weighted by molar-refractivity contribution is 5.95. The second-order valence-corrected chi connectivity index (χ2v) is 7.27. The van der Waals surface area contributed by atoms with E-state index in [1.54, 1.807) is 24.3 Å². The highest BCUT2D eigenvalue weighted by Crippen LogP contribution is 2.23. The van der Waals surface area contributed by atoms with Gasteiger partial charge in [0.25, 0.3) is 5.91 Å². The zero-order valence-corrected chi connectivity index (χ0v) is 17.9. The maximum Gasteiger partial charge on any atom is 0.265 e. The molecule has 0 aliphatic carbocycles. The Morgan fingerprint density at radius 2 is 1.35 bits per heavy atom. The Morgan fingerprint density at radius 1 is 0.774 bits per heavy atom. The minimum atomic E-state index is -0.605. The van der Waals surface area contributed by atoms with Crippen molar-refractivity contribution in [1.82, 2.24) is 0 Å². The van der Waals surface area contributed by atoms with Crippen molar-refractivity contribution in [3.8, 4) is 16.9 Å². The molecule has 3 aromatic rings.